The van der Waals surface area contributed by atoms with Gasteiger partial charge in [0.1, 0.15) is 5.82 Å². The number of nitrogens with zero attached hydrogens (tertiary/aromatic N) is 3. The van der Waals surface area contributed by atoms with Gasteiger partial charge in [-0.1, -0.05) is 0 Å². The Morgan fingerprint density at radius 3 is 2.27 bits per heavy atom. The Morgan fingerprint density at radius 2 is 1.69 bits per heavy atom. The van der Waals surface area contributed by atoms with Crippen LogP contribution in [0, 0.1) is 17.5 Å². The van der Waals surface area contributed by atoms with Crippen molar-refractivity contribution in [3.63, 3.8) is 0 Å². The molecule has 0 saturated carbocycles. The second kappa shape index (κ2) is 6.00. The molecule has 2 heterocycles. The first-order valence-electron chi connectivity index (χ1n) is 6.83. The Labute approximate surface area is 140 Å². The Hall–Kier alpha value is -3.11. The van der Waals surface area contributed by atoms with Crippen LogP contribution in [0.2, 0.25) is 0 Å². The van der Waals surface area contributed by atoms with Crippen molar-refractivity contribution in [3.05, 3.63) is 52.5 Å². The lowest BCUT2D eigenvalue weighted by Crippen LogP contribution is -2.19. The van der Waals surface area contributed by atoms with Gasteiger partial charge in [-0.2, -0.15) is 0 Å². The first-order chi connectivity index (χ1) is 12.1. The standard InChI is InChI=1S/C15H7F6N3O2/c1-24-5-9(16)7-2-8(11(17)12(18)10(7)14(24)25)13-22-3-6(4-23-13)26-15(19,20)21/h2-5H,1H3. The third-order valence-electron chi connectivity index (χ3n) is 3.41. The zero-order valence-corrected chi connectivity index (χ0v) is 12.7. The molecule has 0 atom stereocenters. The molecule has 0 saturated heterocycles. The third kappa shape index (κ3) is 3.07. The molecule has 0 spiro atoms. The first kappa shape index (κ1) is 17.7. The Kier molecular flexibility index (Phi) is 4.09. The van der Waals surface area contributed by atoms with Gasteiger partial charge in [-0.3, -0.25) is 4.79 Å². The molecular formula is C15H7F6N3O2. The summed E-state index contributed by atoms with van der Waals surface area (Å²) in [6.07, 6.45) is -3.00. The van der Waals surface area contributed by atoms with E-state index in [1.807, 2.05) is 0 Å². The highest BCUT2D eigenvalue weighted by Crippen LogP contribution is 2.29. The Bertz CT molecular complexity index is 1060. The van der Waals surface area contributed by atoms with Gasteiger partial charge in [-0.05, 0) is 6.07 Å². The second-order valence-corrected chi connectivity index (χ2v) is 5.16. The number of pyridine rings is 1. The number of rotatable bonds is 2. The van der Waals surface area contributed by atoms with Crippen molar-refractivity contribution in [2.24, 2.45) is 7.05 Å². The minimum Gasteiger partial charge on any atom is -0.402 e. The summed E-state index contributed by atoms with van der Waals surface area (Å²) in [5.41, 5.74) is -1.58. The van der Waals surface area contributed by atoms with Crippen LogP contribution in [0.15, 0.2) is 29.5 Å². The van der Waals surface area contributed by atoms with E-state index in [0.717, 1.165) is 16.8 Å². The van der Waals surface area contributed by atoms with E-state index in [0.29, 0.717) is 12.4 Å². The molecule has 2 aromatic heterocycles. The maximum Gasteiger partial charge on any atom is 0.573 e. The van der Waals surface area contributed by atoms with Crippen molar-refractivity contribution in [3.8, 4) is 17.1 Å². The van der Waals surface area contributed by atoms with Crippen molar-refractivity contribution >= 4 is 10.8 Å². The topological polar surface area (TPSA) is 57.0 Å². The molecule has 1 aromatic carbocycles. The number of hydrogen-bond donors (Lipinski definition) is 0. The number of fused-ring (bicyclic) bond motifs is 1. The van der Waals surface area contributed by atoms with Crippen molar-refractivity contribution in [2.75, 3.05) is 0 Å². The number of aryl methyl sites for hydroxylation is 1. The predicted molar refractivity (Wildman–Crippen MR) is 76.8 cm³/mol. The van der Waals surface area contributed by atoms with Crippen LogP contribution >= 0.6 is 0 Å². The molecule has 3 aromatic rings. The lowest BCUT2D eigenvalue weighted by Gasteiger charge is -2.10. The van der Waals surface area contributed by atoms with Gasteiger partial charge < -0.3 is 9.30 Å². The summed E-state index contributed by atoms with van der Waals surface area (Å²) < 4.78 is 83.3. The monoisotopic (exact) mass is 375 g/mol. The normalized spacial score (nSPS) is 11.8. The van der Waals surface area contributed by atoms with Crippen molar-refractivity contribution in [2.45, 2.75) is 6.36 Å². The highest BCUT2D eigenvalue weighted by atomic mass is 19.4. The van der Waals surface area contributed by atoms with Crippen LogP contribution < -0.4 is 10.3 Å². The number of ether oxygens (including phenoxy) is 1. The minimum atomic E-state index is -4.98. The molecule has 0 aliphatic carbocycles. The number of aromatic nitrogens is 3. The summed E-state index contributed by atoms with van der Waals surface area (Å²) in [4.78, 5) is 18.8. The summed E-state index contributed by atoms with van der Waals surface area (Å²) in [6.45, 7) is 0. The van der Waals surface area contributed by atoms with E-state index >= 15 is 0 Å². The van der Waals surface area contributed by atoms with Gasteiger partial charge >= 0.3 is 6.36 Å². The summed E-state index contributed by atoms with van der Waals surface area (Å²) >= 11 is 0. The Morgan fingerprint density at radius 1 is 1.08 bits per heavy atom. The number of alkyl halides is 3. The number of hydrogen-bond acceptors (Lipinski definition) is 4. The smallest absolute Gasteiger partial charge is 0.402 e. The molecule has 0 N–H and O–H groups in total. The quantitative estimate of drug-likeness (QED) is 0.645. The molecule has 0 unspecified atom stereocenters. The van der Waals surface area contributed by atoms with Gasteiger partial charge in [0.05, 0.1) is 23.3 Å². The van der Waals surface area contributed by atoms with Crippen molar-refractivity contribution < 1.29 is 31.1 Å². The lowest BCUT2D eigenvalue weighted by molar-refractivity contribution is -0.274. The summed E-state index contributed by atoms with van der Waals surface area (Å²) in [5, 5.41) is -1.31. The van der Waals surface area contributed by atoms with Crippen LogP contribution in [0.3, 0.4) is 0 Å². The molecule has 26 heavy (non-hydrogen) atoms. The molecular weight excluding hydrogens is 368 g/mol. The summed E-state index contributed by atoms with van der Waals surface area (Å²) in [7, 11) is 1.17. The van der Waals surface area contributed by atoms with E-state index in [1.165, 1.54) is 7.05 Å². The molecule has 136 valence electrons. The van der Waals surface area contributed by atoms with Crippen LogP contribution in [-0.4, -0.2) is 20.9 Å². The SMILES string of the molecule is Cn1cc(F)c2cc(-c3ncc(OC(F)(F)F)cn3)c(F)c(F)c2c1=O. The molecule has 3 rings (SSSR count). The largest absolute Gasteiger partial charge is 0.573 e. The first-order valence-corrected chi connectivity index (χ1v) is 6.83. The van der Waals surface area contributed by atoms with Crippen LogP contribution in [-0.2, 0) is 7.05 Å². The van der Waals surface area contributed by atoms with E-state index < -0.39 is 57.3 Å². The molecule has 0 aliphatic heterocycles. The van der Waals surface area contributed by atoms with Crippen LogP contribution in [0.5, 0.6) is 5.75 Å². The molecule has 0 bridgehead atoms. The fourth-order valence-electron chi connectivity index (χ4n) is 2.30. The minimum absolute atomic E-state index is 0.513. The highest BCUT2D eigenvalue weighted by Gasteiger charge is 2.31. The van der Waals surface area contributed by atoms with Gasteiger partial charge in [-0.15, -0.1) is 13.2 Å². The molecule has 0 aliphatic rings. The lowest BCUT2D eigenvalue weighted by atomic mass is 10.1. The van der Waals surface area contributed by atoms with E-state index in [4.69, 9.17) is 0 Å². The van der Waals surface area contributed by atoms with Crippen LogP contribution in [0.1, 0.15) is 0 Å². The third-order valence-corrected chi connectivity index (χ3v) is 3.41. The number of benzene rings is 1. The molecule has 0 radical (unpaired) electrons. The van der Waals surface area contributed by atoms with E-state index in [2.05, 4.69) is 14.7 Å². The summed E-state index contributed by atoms with van der Waals surface area (Å²) in [6, 6.07) is 0.810. The van der Waals surface area contributed by atoms with E-state index in [-0.39, 0.29) is 0 Å². The fraction of sp³-hybridized carbons (Fsp3) is 0.133. The molecule has 5 nitrogen and oxygen atoms in total. The number of halogens is 6. The Balaban J connectivity index is 2.17. The average molecular weight is 375 g/mol. The zero-order valence-electron chi connectivity index (χ0n) is 12.7. The summed E-state index contributed by atoms with van der Waals surface area (Å²) in [5.74, 6) is -5.44. The molecule has 0 amide bonds. The van der Waals surface area contributed by atoms with Crippen LogP contribution in [0.25, 0.3) is 22.2 Å². The van der Waals surface area contributed by atoms with Gasteiger partial charge in [0.25, 0.3) is 5.56 Å². The maximum atomic E-state index is 14.3. The van der Waals surface area contributed by atoms with E-state index in [1.54, 1.807) is 0 Å². The molecule has 0 fully saturated rings. The predicted octanol–water partition coefficient (Wildman–Crippen LogP) is 3.31. The average Bonchev–Trinajstić information content (AvgIpc) is 2.54. The second-order valence-electron chi connectivity index (χ2n) is 5.16. The molecule has 11 heteroatoms. The maximum absolute atomic E-state index is 14.3. The van der Waals surface area contributed by atoms with Crippen LogP contribution in [0.4, 0.5) is 26.3 Å². The van der Waals surface area contributed by atoms with Crippen molar-refractivity contribution in [1.29, 1.82) is 0 Å². The van der Waals surface area contributed by atoms with Gasteiger partial charge in [-0.25, -0.2) is 23.1 Å². The van der Waals surface area contributed by atoms with Gasteiger partial charge in [0.15, 0.2) is 23.2 Å². The fourth-order valence-corrected chi connectivity index (χ4v) is 2.30. The van der Waals surface area contributed by atoms with Crippen molar-refractivity contribution in [1.82, 2.24) is 14.5 Å². The van der Waals surface area contributed by atoms with Gasteiger partial charge in [0, 0.05) is 18.6 Å². The van der Waals surface area contributed by atoms with E-state index in [9.17, 15) is 31.1 Å². The zero-order chi connectivity index (χ0) is 19.2. The highest BCUT2D eigenvalue weighted by molar-refractivity contribution is 5.87. The van der Waals surface area contributed by atoms with Gasteiger partial charge in [0.2, 0.25) is 0 Å².